The van der Waals surface area contributed by atoms with Crippen LogP contribution >= 0.6 is 0 Å². The van der Waals surface area contributed by atoms with E-state index in [9.17, 15) is 4.79 Å². The number of nitrogens with one attached hydrogen (secondary N) is 1. The van der Waals surface area contributed by atoms with E-state index in [0.717, 1.165) is 27.8 Å². The number of hydrogen-bond acceptors (Lipinski definition) is 1. The van der Waals surface area contributed by atoms with Crippen molar-refractivity contribution in [1.82, 2.24) is 4.98 Å². The molecular weight excluding hydrogens is 390 g/mol. The number of hydrogen-bond donors (Lipinski definition) is 1. The van der Waals surface area contributed by atoms with E-state index in [0.29, 0.717) is 0 Å². The highest BCUT2D eigenvalue weighted by molar-refractivity contribution is 6.02. The van der Waals surface area contributed by atoms with Crippen molar-refractivity contribution in [3.8, 4) is 0 Å². The summed E-state index contributed by atoms with van der Waals surface area (Å²) in [5, 5.41) is 1.17. The van der Waals surface area contributed by atoms with E-state index in [2.05, 4.69) is 72.7 Å². The molecule has 1 heterocycles. The molecule has 0 aliphatic carbocycles. The topological polar surface area (TPSA) is 32.9 Å². The van der Waals surface area contributed by atoms with E-state index >= 15 is 0 Å². The van der Waals surface area contributed by atoms with Gasteiger partial charge in [-0.1, -0.05) is 103 Å². The quantitative estimate of drug-likeness (QED) is 0.291. The van der Waals surface area contributed by atoms with Crippen molar-refractivity contribution in [2.45, 2.75) is 18.8 Å². The molecule has 0 radical (unpaired) electrons. The maximum absolute atomic E-state index is 14.0. The Morgan fingerprint density at radius 1 is 0.719 bits per heavy atom. The Morgan fingerprint density at radius 3 is 1.97 bits per heavy atom. The normalized spacial score (nSPS) is 13.0. The second-order valence-corrected chi connectivity index (χ2v) is 8.30. The zero-order chi connectivity index (χ0) is 21.9. The van der Waals surface area contributed by atoms with Crippen molar-refractivity contribution in [3.63, 3.8) is 0 Å². The Labute approximate surface area is 188 Å². The molecule has 5 rings (SSSR count). The van der Waals surface area contributed by atoms with Crippen molar-refractivity contribution in [2.24, 2.45) is 0 Å². The van der Waals surface area contributed by atoms with Crippen LogP contribution in [-0.4, -0.2) is 10.8 Å². The highest BCUT2D eigenvalue weighted by Gasteiger charge is 2.34. The fourth-order valence-electron chi connectivity index (χ4n) is 4.66. The zero-order valence-electron chi connectivity index (χ0n) is 18.0. The monoisotopic (exact) mass is 415 g/mol. The molecule has 0 aliphatic heterocycles. The number of benzene rings is 4. The number of aromatic nitrogens is 1. The van der Waals surface area contributed by atoms with Gasteiger partial charge in [0.2, 0.25) is 0 Å². The van der Waals surface area contributed by atoms with Gasteiger partial charge in [0.25, 0.3) is 0 Å². The predicted molar refractivity (Wildman–Crippen MR) is 131 cm³/mol. The average Bonchev–Trinajstić information content (AvgIpc) is 3.26. The number of fused-ring (bicyclic) bond motifs is 1. The third-order valence-corrected chi connectivity index (χ3v) is 6.20. The van der Waals surface area contributed by atoms with E-state index in [-0.39, 0.29) is 17.6 Å². The molecule has 156 valence electrons. The van der Waals surface area contributed by atoms with Crippen LogP contribution in [0.25, 0.3) is 10.9 Å². The van der Waals surface area contributed by atoms with E-state index in [1.807, 2.05) is 54.6 Å². The third kappa shape index (κ3) is 3.76. The average molecular weight is 416 g/mol. The maximum atomic E-state index is 14.0. The van der Waals surface area contributed by atoms with E-state index < -0.39 is 0 Å². The Hall–Kier alpha value is -3.91. The van der Waals surface area contributed by atoms with Crippen molar-refractivity contribution in [3.05, 3.63) is 143 Å². The van der Waals surface area contributed by atoms with Gasteiger partial charge in [-0.25, -0.2) is 0 Å². The van der Waals surface area contributed by atoms with Gasteiger partial charge in [0.05, 0.1) is 5.92 Å². The van der Waals surface area contributed by atoms with Crippen LogP contribution in [0.4, 0.5) is 0 Å². The Morgan fingerprint density at radius 2 is 1.31 bits per heavy atom. The second kappa shape index (κ2) is 8.68. The minimum atomic E-state index is -0.347. The first-order valence-corrected chi connectivity index (χ1v) is 11.0. The van der Waals surface area contributed by atoms with E-state index in [1.165, 1.54) is 10.9 Å². The lowest BCUT2D eigenvalue weighted by Crippen LogP contribution is -2.22. The minimum Gasteiger partial charge on any atom is -0.361 e. The number of aryl methyl sites for hydroxylation is 1. The minimum absolute atomic E-state index is 0.123. The second-order valence-electron chi connectivity index (χ2n) is 8.30. The van der Waals surface area contributed by atoms with Crippen LogP contribution in [0.15, 0.2) is 115 Å². The summed E-state index contributed by atoms with van der Waals surface area (Å²) in [7, 11) is 0. The molecule has 5 aromatic rings. The molecule has 0 saturated heterocycles. The van der Waals surface area contributed by atoms with Gasteiger partial charge < -0.3 is 4.98 Å². The third-order valence-electron chi connectivity index (χ3n) is 6.20. The first-order valence-electron chi connectivity index (χ1n) is 11.0. The summed E-state index contributed by atoms with van der Waals surface area (Å²) in [5.41, 5.74) is 6.33. The van der Waals surface area contributed by atoms with Gasteiger partial charge in [-0.15, -0.1) is 0 Å². The van der Waals surface area contributed by atoms with Crippen molar-refractivity contribution >= 4 is 16.7 Å². The highest BCUT2D eigenvalue weighted by Crippen LogP contribution is 2.43. The number of H-pyrrole nitrogens is 1. The fourth-order valence-corrected chi connectivity index (χ4v) is 4.66. The van der Waals surface area contributed by atoms with Gasteiger partial charge in [-0.3, -0.25) is 4.79 Å². The van der Waals surface area contributed by atoms with Crippen LogP contribution in [-0.2, 0) is 0 Å². The molecule has 0 saturated carbocycles. The van der Waals surface area contributed by atoms with Gasteiger partial charge in [0.1, 0.15) is 0 Å². The zero-order valence-corrected chi connectivity index (χ0v) is 18.0. The molecule has 0 amide bonds. The van der Waals surface area contributed by atoms with Crippen molar-refractivity contribution in [2.75, 3.05) is 0 Å². The lowest BCUT2D eigenvalue weighted by atomic mass is 9.73. The molecular formula is C30H25NO. The molecule has 2 nitrogen and oxygen atoms in total. The molecule has 4 aromatic carbocycles. The van der Waals surface area contributed by atoms with Crippen molar-refractivity contribution < 1.29 is 4.79 Å². The van der Waals surface area contributed by atoms with Crippen LogP contribution in [0.1, 0.15) is 44.4 Å². The van der Waals surface area contributed by atoms with Gasteiger partial charge in [-0.2, -0.15) is 0 Å². The Balaban J connectivity index is 1.77. The summed E-state index contributed by atoms with van der Waals surface area (Å²) in [6.07, 6.45) is 2.08. The highest BCUT2D eigenvalue weighted by atomic mass is 16.1. The van der Waals surface area contributed by atoms with Crippen LogP contribution in [0.3, 0.4) is 0 Å². The molecule has 2 heteroatoms. The Bertz CT molecular complexity index is 1340. The molecule has 0 aliphatic rings. The smallest absolute Gasteiger partial charge is 0.171 e. The molecule has 2 unspecified atom stereocenters. The maximum Gasteiger partial charge on any atom is 0.171 e. The molecule has 2 atom stereocenters. The largest absolute Gasteiger partial charge is 0.361 e. The van der Waals surface area contributed by atoms with Crippen molar-refractivity contribution in [1.29, 1.82) is 0 Å². The van der Waals surface area contributed by atoms with Gasteiger partial charge in [-0.05, 0) is 35.7 Å². The summed E-state index contributed by atoms with van der Waals surface area (Å²) >= 11 is 0. The number of rotatable bonds is 6. The standard InChI is InChI=1S/C30H25NO/c1-21-17-18-27-25(19-21)26(20-31-27)28(22-11-5-2-6-12-22)29(23-13-7-3-8-14-23)30(32)24-15-9-4-10-16-24/h2-20,28-29,31H,1H3. The lowest BCUT2D eigenvalue weighted by Gasteiger charge is -2.27. The summed E-state index contributed by atoms with van der Waals surface area (Å²) in [5.74, 6) is -0.338. The van der Waals surface area contributed by atoms with Crippen LogP contribution in [0, 0.1) is 6.92 Å². The molecule has 0 bridgehead atoms. The number of Topliss-reactive ketones (excluding diaryl/α,β-unsaturated/α-hetero) is 1. The lowest BCUT2D eigenvalue weighted by molar-refractivity contribution is 0.0952. The van der Waals surface area contributed by atoms with Crippen LogP contribution in [0.2, 0.25) is 0 Å². The summed E-state index contributed by atoms with van der Waals surface area (Å²) in [4.78, 5) is 17.5. The van der Waals surface area contributed by atoms with Gasteiger partial charge in [0.15, 0.2) is 5.78 Å². The predicted octanol–water partition coefficient (Wildman–Crippen LogP) is 7.27. The molecule has 32 heavy (non-hydrogen) atoms. The molecule has 1 N–H and O–H groups in total. The van der Waals surface area contributed by atoms with E-state index in [4.69, 9.17) is 0 Å². The number of aromatic amines is 1. The first-order chi connectivity index (χ1) is 15.7. The fraction of sp³-hybridized carbons (Fsp3) is 0.100. The SMILES string of the molecule is Cc1ccc2[nH]cc(C(c3ccccc3)C(C(=O)c3ccccc3)c3ccccc3)c2c1. The number of carbonyl (C=O) groups excluding carboxylic acids is 1. The number of ketones is 1. The molecule has 0 spiro atoms. The summed E-state index contributed by atoms with van der Waals surface area (Å²) < 4.78 is 0. The van der Waals surface area contributed by atoms with Crippen LogP contribution < -0.4 is 0 Å². The summed E-state index contributed by atoms with van der Waals surface area (Å²) in [6.45, 7) is 2.11. The molecule has 0 fully saturated rings. The summed E-state index contributed by atoms with van der Waals surface area (Å²) in [6, 6.07) is 36.7. The van der Waals surface area contributed by atoms with Crippen LogP contribution in [0.5, 0.6) is 0 Å². The Kier molecular flexibility index (Phi) is 5.43. The molecule has 1 aromatic heterocycles. The first kappa shape index (κ1) is 20.0. The van der Waals surface area contributed by atoms with E-state index in [1.54, 1.807) is 0 Å². The number of carbonyl (C=O) groups is 1. The van der Waals surface area contributed by atoms with Gasteiger partial charge in [0, 0.05) is 28.6 Å². The van der Waals surface area contributed by atoms with Gasteiger partial charge >= 0.3 is 0 Å².